The van der Waals surface area contributed by atoms with Gasteiger partial charge < -0.3 is 9.47 Å². The molecule has 0 radical (unpaired) electrons. The van der Waals surface area contributed by atoms with Crippen molar-refractivity contribution >= 4 is 81.1 Å². The predicted molar refractivity (Wildman–Crippen MR) is 237 cm³/mol. The highest BCUT2D eigenvalue weighted by atomic mass is 32.1. The zero-order valence-electron chi connectivity index (χ0n) is 29.9. The van der Waals surface area contributed by atoms with Gasteiger partial charge in [-0.1, -0.05) is 146 Å². The van der Waals surface area contributed by atoms with Crippen molar-refractivity contribution in [1.29, 1.82) is 0 Å². The quantitative estimate of drug-likeness (QED) is 0.166. The minimum atomic E-state index is 1.11. The lowest BCUT2D eigenvalue weighted by atomic mass is 9.92. The third-order valence-electron chi connectivity index (χ3n) is 11.0. The lowest BCUT2D eigenvalue weighted by Crippen LogP contribution is -2.10. The molecule has 0 aliphatic heterocycles. The molecule has 0 spiro atoms. The van der Waals surface area contributed by atoms with Gasteiger partial charge in [-0.05, 0) is 93.7 Å². The molecule has 0 unspecified atom stereocenters. The Morgan fingerprint density at radius 2 is 1.05 bits per heavy atom. The van der Waals surface area contributed by atoms with Crippen LogP contribution in [-0.2, 0) is 0 Å². The first kappa shape index (κ1) is 31.6. The number of fused-ring (bicyclic) bond motifs is 7. The van der Waals surface area contributed by atoms with Crippen LogP contribution in [-0.4, -0.2) is 4.57 Å². The molecule has 2 aromatic heterocycles. The molecule has 0 N–H and O–H groups in total. The minimum Gasteiger partial charge on any atom is -0.309 e. The Labute approximate surface area is 323 Å². The average molecular weight is 719 g/mol. The number of hydrogen-bond donors (Lipinski definition) is 0. The molecule has 0 amide bonds. The van der Waals surface area contributed by atoms with Gasteiger partial charge in [0.15, 0.2) is 0 Å². The van der Waals surface area contributed by atoms with Gasteiger partial charge in [-0.3, -0.25) is 0 Å². The lowest BCUT2D eigenvalue weighted by Gasteiger charge is -2.27. The van der Waals surface area contributed by atoms with Crippen molar-refractivity contribution in [2.45, 2.75) is 0 Å². The predicted octanol–water partition coefficient (Wildman–Crippen LogP) is 15.1. The van der Waals surface area contributed by atoms with E-state index in [9.17, 15) is 0 Å². The van der Waals surface area contributed by atoms with Crippen LogP contribution >= 0.6 is 11.3 Å². The Bertz CT molecular complexity index is 3210. The fraction of sp³-hybridized carbons (Fsp3) is 0. The summed E-state index contributed by atoms with van der Waals surface area (Å²) >= 11 is 1.87. The van der Waals surface area contributed by atoms with Crippen molar-refractivity contribution in [3.8, 4) is 27.9 Å². The van der Waals surface area contributed by atoms with E-state index in [0.717, 1.165) is 22.7 Å². The molecule has 3 heteroatoms. The first-order valence-electron chi connectivity index (χ1n) is 18.8. The molecule has 0 fully saturated rings. The average Bonchev–Trinajstić information content (AvgIpc) is 3.80. The highest BCUT2D eigenvalue weighted by Crippen LogP contribution is 2.47. The number of nitrogens with zero attached hydrogens (tertiary/aromatic N) is 2. The van der Waals surface area contributed by atoms with E-state index < -0.39 is 0 Å². The Kier molecular flexibility index (Phi) is 7.39. The molecule has 11 aromatic rings. The Hall–Kier alpha value is -6.94. The third-order valence-corrected chi connectivity index (χ3v) is 12.2. The second kappa shape index (κ2) is 12.9. The van der Waals surface area contributed by atoms with E-state index in [-0.39, 0.29) is 0 Å². The van der Waals surface area contributed by atoms with Gasteiger partial charge in [0, 0.05) is 43.3 Å². The van der Waals surface area contributed by atoms with Crippen LogP contribution in [0.3, 0.4) is 0 Å². The molecule has 9 aromatic carbocycles. The molecule has 0 aliphatic rings. The minimum absolute atomic E-state index is 1.11. The number of rotatable bonds is 6. The molecular weight excluding hydrogens is 685 g/mol. The molecule has 0 aliphatic carbocycles. The van der Waals surface area contributed by atoms with Gasteiger partial charge in [0.25, 0.3) is 0 Å². The molecule has 2 nitrogen and oxygen atoms in total. The molecule has 0 saturated heterocycles. The molecule has 55 heavy (non-hydrogen) atoms. The summed E-state index contributed by atoms with van der Waals surface area (Å²) in [5.74, 6) is 0. The van der Waals surface area contributed by atoms with Crippen LogP contribution in [0.15, 0.2) is 206 Å². The SMILES string of the molecule is c1ccc(-c2cc(N(c3ccc4c5ccccc5n(-c5ccccc5)c4c3)c3cccc4c3sc3ccccc34)ccc2-c2ccc3ccccc3c2)cc1. The van der Waals surface area contributed by atoms with Crippen molar-refractivity contribution in [1.82, 2.24) is 4.57 Å². The summed E-state index contributed by atoms with van der Waals surface area (Å²) in [4.78, 5) is 2.47. The van der Waals surface area contributed by atoms with Crippen molar-refractivity contribution in [2.24, 2.45) is 0 Å². The summed E-state index contributed by atoms with van der Waals surface area (Å²) in [5, 5.41) is 7.54. The van der Waals surface area contributed by atoms with E-state index in [4.69, 9.17) is 0 Å². The van der Waals surface area contributed by atoms with Crippen molar-refractivity contribution in [3.05, 3.63) is 206 Å². The summed E-state index contributed by atoms with van der Waals surface area (Å²) in [7, 11) is 0. The normalized spacial score (nSPS) is 11.6. The Balaban J connectivity index is 1.19. The van der Waals surface area contributed by atoms with Gasteiger partial charge in [0.1, 0.15) is 0 Å². The molecular formula is C52H34N2S. The topological polar surface area (TPSA) is 8.17 Å². The van der Waals surface area contributed by atoms with Crippen LogP contribution in [0.5, 0.6) is 0 Å². The number of para-hydroxylation sites is 2. The maximum atomic E-state index is 2.47. The summed E-state index contributed by atoms with van der Waals surface area (Å²) in [5.41, 5.74) is 11.7. The first-order valence-corrected chi connectivity index (χ1v) is 19.6. The van der Waals surface area contributed by atoms with E-state index in [0.29, 0.717) is 0 Å². The highest BCUT2D eigenvalue weighted by Gasteiger charge is 2.22. The van der Waals surface area contributed by atoms with Crippen molar-refractivity contribution < 1.29 is 0 Å². The van der Waals surface area contributed by atoms with Crippen LogP contribution < -0.4 is 4.90 Å². The maximum Gasteiger partial charge on any atom is 0.0640 e. The van der Waals surface area contributed by atoms with Crippen molar-refractivity contribution in [2.75, 3.05) is 4.90 Å². The molecule has 0 bridgehead atoms. The molecule has 258 valence electrons. The first-order chi connectivity index (χ1) is 27.3. The number of hydrogen-bond acceptors (Lipinski definition) is 2. The number of aromatic nitrogens is 1. The van der Waals surface area contributed by atoms with Crippen LogP contribution in [0.1, 0.15) is 0 Å². The summed E-state index contributed by atoms with van der Waals surface area (Å²) in [6.45, 7) is 0. The Morgan fingerprint density at radius 1 is 0.382 bits per heavy atom. The Morgan fingerprint density at radius 3 is 1.93 bits per heavy atom. The van der Waals surface area contributed by atoms with E-state index in [1.807, 2.05) is 11.3 Å². The standard InChI is InChI=1S/C52H34N2S/c1-3-15-36(16-4-1)47-33-40(28-30-42(47)38-27-26-35-14-7-8-17-37(35)32-38)53(49-24-13-22-46-45-21-10-12-25-51(45)55-52(46)49)41-29-31-44-43-20-9-11-23-48(43)54(50(44)34-41)39-18-5-2-6-19-39/h1-34H. The fourth-order valence-corrected chi connectivity index (χ4v) is 9.63. The smallest absolute Gasteiger partial charge is 0.0640 e. The largest absolute Gasteiger partial charge is 0.309 e. The molecule has 11 rings (SSSR count). The van der Waals surface area contributed by atoms with E-state index in [1.54, 1.807) is 0 Å². The molecule has 0 saturated carbocycles. The van der Waals surface area contributed by atoms with Gasteiger partial charge >= 0.3 is 0 Å². The van der Waals surface area contributed by atoms with Crippen LogP contribution in [0, 0.1) is 0 Å². The van der Waals surface area contributed by atoms with Crippen LogP contribution in [0.4, 0.5) is 17.1 Å². The maximum absolute atomic E-state index is 2.47. The number of thiophene rings is 1. The van der Waals surface area contributed by atoms with Gasteiger partial charge in [-0.2, -0.15) is 0 Å². The second-order valence-corrected chi connectivity index (χ2v) is 15.2. The van der Waals surface area contributed by atoms with Crippen LogP contribution in [0.25, 0.3) is 80.7 Å². The van der Waals surface area contributed by atoms with Gasteiger partial charge in [-0.15, -0.1) is 11.3 Å². The van der Waals surface area contributed by atoms with E-state index in [2.05, 4.69) is 216 Å². The van der Waals surface area contributed by atoms with Crippen molar-refractivity contribution in [3.63, 3.8) is 0 Å². The van der Waals surface area contributed by atoms with Gasteiger partial charge in [-0.25, -0.2) is 0 Å². The summed E-state index contributed by atoms with van der Waals surface area (Å²) in [6, 6.07) is 75.3. The van der Waals surface area contributed by atoms with Gasteiger partial charge in [0.05, 0.1) is 21.4 Å². The second-order valence-electron chi connectivity index (χ2n) is 14.1. The third kappa shape index (κ3) is 5.24. The highest BCUT2D eigenvalue weighted by molar-refractivity contribution is 7.26. The molecule has 2 heterocycles. The fourth-order valence-electron chi connectivity index (χ4n) is 8.43. The van der Waals surface area contributed by atoms with E-state index >= 15 is 0 Å². The van der Waals surface area contributed by atoms with E-state index in [1.165, 1.54) is 75.0 Å². The number of benzene rings is 9. The zero-order chi connectivity index (χ0) is 36.3. The zero-order valence-corrected chi connectivity index (χ0v) is 30.7. The van der Waals surface area contributed by atoms with Gasteiger partial charge in [0.2, 0.25) is 0 Å². The monoisotopic (exact) mass is 718 g/mol. The summed E-state index contributed by atoms with van der Waals surface area (Å²) in [6.07, 6.45) is 0. The summed E-state index contributed by atoms with van der Waals surface area (Å²) < 4.78 is 4.97. The molecule has 0 atom stereocenters. The number of anilines is 3. The lowest BCUT2D eigenvalue weighted by molar-refractivity contribution is 1.18. The van der Waals surface area contributed by atoms with Crippen LogP contribution in [0.2, 0.25) is 0 Å².